The van der Waals surface area contributed by atoms with Gasteiger partial charge in [-0.2, -0.15) is 0 Å². The van der Waals surface area contributed by atoms with Crippen molar-refractivity contribution in [2.45, 2.75) is 6.42 Å². The molecule has 1 aromatic heterocycles. The van der Waals surface area contributed by atoms with E-state index in [0.717, 1.165) is 5.56 Å². The number of methoxy groups -OCH3 is 2. The van der Waals surface area contributed by atoms with Gasteiger partial charge in [0.25, 0.3) is 0 Å². The molecule has 4 aromatic rings. The lowest BCUT2D eigenvalue weighted by Gasteiger charge is -2.10. The Morgan fingerprint density at radius 1 is 0.871 bits per heavy atom. The number of fused-ring (bicyclic) bond motifs is 1. The first kappa shape index (κ1) is 20.2. The van der Waals surface area contributed by atoms with Gasteiger partial charge in [0, 0.05) is 11.5 Å². The lowest BCUT2D eigenvalue weighted by molar-refractivity contribution is -0.133. The van der Waals surface area contributed by atoms with E-state index in [1.807, 2.05) is 30.3 Å². The van der Waals surface area contributed by atoms with Crippen molar-refractivity contribution in [3.8, 4) is 28.4 Å². The summed E-state index contributed by atoms with van der Waals surface area (Å²) in [5, 5.41) is 0.701. The van der Waals surface area contributed by atoms with Crippen LogP contribution in [0.5, 0.6) is 17.2 Å². The molecule has 0 spiro atoms. The Morgan fingerprint density at radius 3 is 2.39 bits per heavy atom. The number of ether oxygens (including phenoxy) is 3. The fourth-order valence-electron chi connectivity index (χ4n) is 3.29. The monoisotopic (exact) mass is 416 g/mol. The van der Waals surface area contributed by atoms with Crippen molar-refractivity contribution in [3.63, 3.8) is 0 Å². The standard InChI is InChI=1S/C25H20O6/c1-28-21-11-9-17(14-23(21)29-2)20-13-18-8-10-19(15-22(18)31-25(20)27)30-24(26)12-16-6-4-3-5-7-16/h3-11,13-15H,12H2,1-2H3. The molecule has 0 unspecified atom stereocenters. The number of hydrogen-bond donors (Lipinski definition) is 0. The molecule has 0 saturated carbocycles. The van der Waals surface area contributed by atoms with E-state index in [-0.39, 0.29) is 6.42 Å². The molecule has 0 aliphatic rings. The fraction of sp³-hybridized carbons (Fsp3) is 0.120. The predicted molar refractivity (Wildman–Crippen MR) is 117 cm³/mol. The van der Waals surface area contributed by atoms with Gasteiger partial charge in [0.2, 0.25) is 0 Å². The summed E-state index contributed by atoms with van der Waals surface area (Å²) >= 11 is 0. The zero-order valence-corrected chi connectivity index (χ0v) is 17.1. The lowest BCUT2D eigenvalue weighted by atomic mass is 10.1. The van der Waals surface area contributed by atoms with Crippen LogP contribution < -0.4 is 19.8 Å². The molecule has 1 heterocycles. The second-order valence-corrected chi connectivity index (χ2v) is 6.85. The van der Waals surface area contributed by atoms with Crippen LogP contribution in [0.15, 0.2) is 82.0 Å². The number of esters is 1. The van der Waals surface area contributed by atoms with E-state index in [9.17, 15) is 9.59 Å². The van der Waals surface area contributed by atoms with Gasteiger partial charge in [0.1, 0.15) is 11.3 Å². The van der Waals surface area contributed by atoms with Crippen molar-refractivity contribution < 1.29 is 23.4 Å². The molecule has 0 aliphatic heterocycles. The highest BCUT2D eigenvalue weighted by Crippen LogP contribution is 2.32. The summed E-state index contributed by atoms with van der Waals surface area (Å²) in [5.74, 6) is 1.00. The number of hydrogen-bond acceptors (Lipinski definition) is 6. The number of benzene rings is 3. The van der Waals surface area contributed by atoms with Gasteiger partial charge < -0.3 is 18.6 Å². The van der Waals surface area contributed by atoms with Crippen molar-refractivity contribution in [2.24, 2.45) is 0 Å². The molecule has 0 atom stereocenters. The Kier molecular flexibility index (Phi) is 5.71. The van der Waals surface area contributed by atoms with Gasteiger partial charge in [-0.15, -0.1) is 0 Å². The van der Waals surface area contributed by atoms with Gasteiger partial charge in [-0.3, -0.25) is 4.79 Å². The Morgan fingerprint density at radius 2 is 1.65 bits per heavy atom. The third-order valence-electron chi connectivity index (χ3n) is 4.82. The van der Waals surface area contributed by atoms with E-state index in [4.69, 9.17) is 18.6 Å². The minimum absolute atomic E-state index is 0.154. The molecule has 6 nitrogen and oxygen atoms in total. The highest BCUT2D eigenvalue weighted by molar-refractivity contribution is 5.84. The molecule has 0 N–H and O–H groups in total. The third kappa shape index (κ3) is 4.43. The summed E-state index contributed by atoms with van der Waals surface area (Å²) < 4.78 is 21.5. The van der Waals surface area contributed by atoms with Gasteiger partial charge in [-0.25, -0.2) is 4.79 Å². The van der Waals surface area contributed by atoms with Crippen LogP contribution in [0.3, 0.4) is 0 Å². The van der Waals surface area contributed by atoms with Crippen molar-refractivity contribution >= 4 is 16.9 Å². The van der Waals surface area contributed by atoms with Crippen molar-refractivity contribution in [1.29, 1.82) is 0 Å². The Hall–Kier alpha value is -4.06. The van der Waals surface area contributed by atoms with Crippen molar-refractivity contribution in [3.05, 3.63) is 88.8 Å². The highest BCUT2D eigenvalue weighted by atomic mass is 16.5. The Bertz CT molecular complexity index is 1290. The van der Waals surface area contributed by atoms with E-state index < -0.39 is 11.6 Å². The third-order valence-corrected chi connectivity index (χ3v) is 4.82. The average molecular weight is 416 g/mol. The fourth-order valence-corrected chi connectivity index (χ4v) is 3.29. The first-order valence-electron chi connectivity index (χ1n) is 9.62. The lowest BCUT2D eigenvalue weighted by Crippen LogP contribution is -2.11. The maximum absolute atomic E-state index is 12.6. The Labute approximate surface area is 178 Å². The van der Waals surface area contributed by atoms with Crippen LogP contribution in [0.25, 0.3) is 22.1 Å². The summed E-state index contributed by atoms with van der Waals surface area (Å²) in [6.45, 7) is 0. The van der Waals surface area contributed by atoms with E-state index in [0.29, 0.717) is 39.3 Å². The smallest absolute Gasteiger partial charge is 0.344 e. The summed E-state index contributed by atoms with van der Waals surface area (Å²) in [7, 11) is 3.08. The number of carbonyl (C=O) groups excluding carboxylic acids is 1. The van der Waals surface area contributed by atoms with Gasteiger partial charge in [0.15, 0.2) is 11.5 Å². The molecule has 156 valence electrons. The molecule has 0 aliphatic carbocycles. The molecule has 6 heteroatoms. The largest absolute Gasteiger partial charge is 0.493 e. The van der Waals surface area contributed by atoms with Crippen LogP contribution in [0.2, 0.25) is 0 Å². The summed E-state index contributed by atoms with van der Waals surface area (Å²) in [6.07, 6.45) is 0.154. The van der Waals surface area contributed by atoms with Crippen LogP contribution in [0, 0.1) is 0 Å². The summed E-state index contributed by atoms with van der Waals surface area (Å²) in [5.41, 5.74) is 1.72. The first-order valence-corrected chi connectivity index (χ1v) is 9.62. The van der Waals surface area contributed by atoms with Crippen molar-refractivity contribution in [2.75, 3.05) is 14.2 Å². The Balaban J connectivity index is 1.61. The maximum Gasteiger partial charge on any atom is 0.344 e. The van der Waals surface area contributed by atoms with Crippen LogP contribution in [0.1, 0.15) is 5.56 Å². The van der Waals surface area contributed by atoms with E-state index in [1.54, 1.807) is 43.5 Å². The number of rotatable bonds is 6. The molecule has 0 fully saturated rings. The van der Waals surface area contributed by atoms with Gasteiger partial charge in [-0.1, -0.05) is 36.4 Å². The van der Waals surface area contributed by atoms with E-state index in [1.165, 1.54) is 13.2 Å². The molecule has 31 heavy (non-hydrogen) atoms. The molecule has 0 amide bonds. The molecule has 3 aromatic carbocycles. The minimum Gasteiger partial charge on any atom is -0.493 e. The second kappa shape index (κ2) is 8.75. The van der Waals surface area contributed by atoms with Crippen LogP contribution in [-0.2, 0) is 11.2 Å². The summed E-state index contributed by atoms with van der Waals surface area (Å²) in [4.78, 5) is 24.8. The molecule has 0 radical (unpaired) electrons. The quantitative estimate of drug-likeness (QED) is 0.259. The molecule has 0 saturated heterocycles. The SMILES string of the molecule is COc1ccc(-c2cc3ccc(OC(=O)Cc4ccccc4)cc3oc2=O)cc1OC. The van der Waals surface area contributed by atoms with Gasteiger partial charge in [-0.05, 0) is 41.5 Å². The topological polar surface area (TPSA) is 75.0 Å². The number of carbonyl (C=O) groups is 1. The second-order valence-electron chi connectivity index (χ2n) is 6.85. The molecular formula is C25H20O6. The maximum atomic E-state index is 12.6. The highest BCUT2D eigenvalue weighted by Gasteiger charge is 2.13. The minimum atomic E-state index is -0.507. The van der Waals surface area contributed by atoms with Crippen LogP contribution in [0.4, 0.5) is 0 Å². The zero-order chi connectivity index (χ0) is 21.8. The van der Waals surface area contributed by atoms with Crippen molar-refractivity contribution in [1.82, 2.24) is 0 Å². The van der Waals surface area contributed by atoms with Gasteiger partial charge in [0.05, 0.1) is 26.2 Å². The predicted octanol–water partition coefficient (Wildman–Crippen LogP) is 4.63. The van der Waals surface area contributed by atoms with E-state index >= 15 is 0 Å². The molecule has 0 bridgehead atoms. The first-order chi connectivity index (χ1) is 15.1. The average Bonchev–Trinajstić information content (AvgIpc) is 2.78. The molecular weight excluding hydrogens is 396 g/mol. The normalized spacial score (nSPS) is 10.6. The zero-order valence-electron chi connectivity index (χ0n) is 17.1. The summed E-state index contributed by atoms with van der Waals surface area (Å²) in [6, 6.07) is 21.2. The van der Waals surface area contributed by atoms with Crippen LogP contribution in [-0.4, -0.2) is 20.2 Å². The van der Waals surface area contributed by atoms with Crippen LogP contribution >= 0.6 is 0 Å². The van der Waals surface area contributed by atoms with Gasteiger partial charge >= 0.3 is 11.6 Å². The van der Waals surface area contributed by atoms with E-state index in [2.05, 4.69) is 0 Å². The molecule has 4 rings (SSSR count).